The highest BCUT2D eigenvalue weighted by Crippen LogP contribution is 2.30. The fourth-order valence-corrected chi connectivity index (χ4v) is 4.32. The number of methoxy groups -OCH3 is 2. The first-order chi connectivity index (χ1) is 15.9. The van der Waals surface area contributed by atoms with Crippen LogP contribution in [-0.4, -0.2) is 46.3 Å². The van der Waals surface area contributed by atoms with Crippen molar-refractivity contribution in [1.29, 1.82) is 0 Å². The molecule has 4 rings (SSSR count). The van der Waals surface area contributed by atoms with Gasteiger partial charge in [-0.3, -0.25) is 14.1 Å². The lowest BCUT2D eigenvalue weighted by Crippen LogP contribution is -2.16. The Balaban J connectivity index is 1.61. The molecule has 0 spiro atoms. The number of carbonyl (C=O) groups excluding carboxylic acids is 2. The van der Waals surface area contributed by atoms with E-state index in [0.717, 1.165) is 11.3 Å². The lowest BCUT2D eigenvalue weighted by atomic mass is 10.1. The molecule has 1 aromatic carbocycles. The van der Waals surface area contributed by atoms with Crippen LogP contribution in [0.3, 0.4) is 0 Å². The molecule has 0 unspecified atom stereocenters. The number of aromatic nitrogens is 4. The third-order valence-corrected chi connectivity index (χ3v) is 5.92. The molecule has 0 bridgehead atoms. The van der Waals surface area contributed by atoms with E-state index in [-0.39, 0.29) is 51.4 Å². The summed E-state index contributed by atoms with van der Waals surface area (Å²) >= 11 is 7.06. The van der Waals surface area contributed by atoms with Gasteiger partial charge in [-0.1, -0.05) is 28.9 Å². The number of fused-ring (bicyclic) bond motifs is 1. The molecule has 0 radical (unpaired) electrons. The Morgan fingerprint density at radius 3 is 2.70 bits per heavy atom. The summed E-state index contributed by atoms with van der Waals surface area (Å²) in [6.07, 6.45) is -0.436. The Kier molecular flexibility index (Phi) is 6.38. The number of hydrogen-bond donors (Lipinski definition) is 1. The molecule has 4 aromatic rings. The molecule has 0 aliphatic heterocycles. The number of aromatic amines is 1. The predicted octanol–water partition coefficient (Wildman–Crippen LogP) is 2.77. The van der Waals surface area contributed by atoms with Crippen molar-refractivity contribution in [3.63, 3.8) is 0 Å². The van der Waals surface area contributed by atoms with Crippen LogP contribution in [0, 0.1) is 0 Å². The van der Waals surface area contributed by atoms with Gasteiger partial charge in [0.2, 0.25) is 5.82 Å². The molecule has 0 atom stereocenters. The molecule has 3 heterocycles. The first-order valence-electron chi connectivity index (χ1n) is 9.32. The van der Waals surface area contributed by atoms with Crippen LogP contribution in [0.25, 0.3) is 21.6 Å². The zero-order valence-corrected chi connectivity index (χ0v) is 18.8. The molecule has 0 aliphatic rings. The van der Waals surface area contributed by atoms with Crippen LogP contribution in [0.4, 0.5) is 0 Å². The van der Waals surface area contributed by atoms with Crippen LogP contribution in [0.15, 0.2) is 33.6 Å². The summed E-state index contributed by atoms with van der Waals surface area (Å²) in [4.78, 5) is 48.0. The van der Waals surface area contributed by atoms with E-state index in [1.165, 1.54) is 14.2 Å². The Hall–Kier alpha value is -3.77. The van der Waals surface area contributed by atoms with Crippen LogP contribution in [0.2, 0.25) is 5.02 Å². The van der Waals surface area contributed by atoms with Crippen molar-refractivity contribution >= 4 is 45.1 Å². The number of rotatable bonds is 7. The molecule has 0 saturated carbocycles. The van der Waals surface area contributed by atoms with E-state index >= 15 is 0 Å². The van der Waals surface area contributed by atoms with Crippen LogP contribution in [-0.2, 0) is 27.3 Å². The maximum absolute atomic E-state index is 12.7. The summed E-state index contributed by atoms with van der Waals surface area (Å²) in [5.74, 6) is -0.919. The van der Waals surface area contributed by atoms with Gasteiger partial charge in [-0.2, -0.15) is 4.98 Å². The van der Waals surface area contributed by atoms with Gasteiger partial charge in [-0.05, 0) is 12.1 Å². The highest BCUT2D eigenvalue weighted by atomic mass is 35.5. The van der Waals surface area contributed by atoms with Crippen LogP contribution < -0.4 is 10.3 Å². The van der Waals surface area contributed by atoms with Crippen molar-refractivity contribution in [2.75, 3.05) is 14.2 Å². The smallest absolute Gasteiger partial charge is 0.418 e. The number of thiophene rings is 1. The van der Waals surface area contributed by atoms with Crippen molar-refractivity contribution in [1.82, 2.24) is 20.1 Å². The van der Waals surface area contributed by atoms with Crippen LogP contribution in [0.5, 0.6) is 6.08 Å². The highest BCUT2D eigenvalue weighted by molar-refractivity contribution is 7.20. The van der Waals surface area contributed by atoms with Gasteiger partial charge in [0.05, 0.1) is 31.0 Å². The number of hydrogen-bond acceptors (Lipinski definition) is 11. The molecule has 0 saturated heterocycles. The third-order valence-electron chi connectivity index (χ3n) is 4.48. The summed E-state index contributed by atoms with van der Waals surface area (Å²) in [7, 11) is 2.41. The SMILES string of the molecule is COC(=O)Cc1c(C(=O)OC)sc2nc(COc3nc(-c4ccccc4Cl)no3)[nH]c(=O)c12. The summed E-state index contributed by atoms with van der Waals surface area (Å²) in [6.45, 7) is -0.201. The van der Waals surface area contributed by atoms with Gasteiger partial charge in [0.25, 0.3) is 5.56 Å². The molecule has 0 amide bonds. The molecular formula is C20H15ClN4O7S. The second-order valence-corrected chi connectivity index (χ2v) is 7.91. The van der Waals surface area contributed by atoms with Crippen molar-refractivity contribution in [2.45, 2.75) is 13.0 Å². The Labute approximate surface area is 194 Å². The number of ether oxygens (including phenoxy) is 3. The van der Waals surface area contributed by atoms with Crippen molar-refractivity contribution < 1.29 is 28.3 Å². The number of esters is 2. The van der Waals surface area contributed by atoms with Gasteiger partial charge in [-0.25, -0.2) is 9.78 Å². The van der Waals surface area contributed by atoms with E-state index in [0.29, 0.717) is 10.6 Å². The second-order valence-electron chi connectivity index (χ2n) is 6.50. The minimum atomic E-state index is -0.688. The highest BCUT2D eigenvalue weighted by Gasteiger charge is 2.25. The summed E-state index contributed by atoms with van der Waals surface area (Å²) in [5.41, 5.74) is 0.208. The van der Waals surface area contributed by atoms with Gasteiger partial charge in [0.1, 0.15) is 15.5 Å². The number of benzene rings is 1. The zero-order valence-electron chi connectivity index (χ0n) is 17.2. The summed E-state index contributed by atoms with van der Waals surface area (Å²) in [6, 6.07) is 6.97. The Morgan fingerprint density at radius 2 is 1.97 bits per heavy atom. The van der Waals surface area contributed by atoms with Gasteiger partial charge in [-0.15, -0.1) is 11.3 Å². The molecule has 0 fully saturated rings. The Morgan fingerprint density at radius 1 is 1.18 bits per heavy atom. The number of nitrogens with zero attached hydrogens (tertiary/aromatic N) is 3. The van der Waals surface area contributed by atoms with Crippen LogP contribution in [0.1, 0.15) is 21.1 Å². The molecule has 1 N–H and O–H groups in total. The normalized spacial score (nSPS) is 10.9. The summed E-state index contributed by atoms with van der Waals surface area (Å²) in [5, 5.41) is 4.38. The third kappa shape index (κ3) is 4.56. The molecule has 33 heavy (non-hydrogen) atoms. The summed E-state index contributed by atoms with van der Waals surface area (Å²) < 4.78 is 19.9. The monoisotopic (exact) mass is 490 g/mol. The molecule has 3 aromatic heterocycles. The van der Waals surface area contributed by atoms with Crippen molar-refractivity contribution in [3.8, 4) is 17.5 Å². The van der Waals surface area contributed by atoms with E-state index in [1.54, 1.807) is 24.3 Å². The molecule has 170 valence electrons. The van der Waals surface area contributed by atoms with Crippen molar-refractivity contribution in [3.05, 3.63) is 55.9 Å². The topological polar surface area (TPSA) is 146 Å². The fraction of sp³-hybridized carbons (Fsp3) is 0.200. The van der Waals surface area contributed by atoms with E-state index < -0.39 is 17.5 Å². The van der Waals surface area contributed by atoms with Gasteiger partial charge in [0, 0.05) is 11.1 Å². The minimum Gasteiger partial charge on any atom is -0.469 e. The molecule has 11 nitrogen and oxygen atoms in total. The number of nitrogens with one attached hydrogen (secondary N) is 1. The first kappa shape index (κ1) is 22.4. The lowest BCUT2D eigenvalue weighted by molar-refractivity contribution is -0.139. The number of carbonyl (C=O) groups is 2. The van der Waals surface area contributed by atoms with Gasteiger partial charge >= 0.3 is 18.0 Å². The second kappa shape index (κ2) is 9.38. The largest absolute Gasteiger partial charge is 0.469 e. The number of H-pyrrole nitrogens is 1. The quantitative estimate of drug-likeness (QED) is 0.383. The molecule has 0 aliphatic carbocycles. The maximum atomic E-state index is 12.7. The fourth-order valence-electron chi connectivity index (χ4n) is 2.97. The zero-order chi connectivity index (χ0) is 23.5. The van der Waals surface area contributed by atoms with Gasteiger partial charge < -0.3 is 19.2 Å². The standard InChI is InChI=1S/C20H15ClN4O7S/c1-29-13(26)7-10-14-17(27)22-12(23-18(14)33-15(10)19(28)30-2)8-31-20-24-16(25-32-20)9-5-3-4-6-11(9)21/h3-6H,7-8H2,1-2H3,(H,22,23,27). The number of halogens is 1. The van der Waals surface area contributed by atoms with E-state index in [1.807, 2.05) is 0 Å². The van der Waals surface area contributed by atoms with E-state index in [9.17, 15) is 14.4 Å². The maximum Gasteiger partial charge on any atom is 0.418 e. The average Bonchev–Trinajstić information content (AvgIpc) is 3.42. The lowest BCUT2D eigenvalue weighted by Gasteiger charge is -2.03. The van der Waals surface area contributed by atoms with Crippen molar-refractivity contribution in [2.24, 2.45) is 0 Å². The predicted molar refractivity (Wildman–Crippen MR) is 116 cm³/mol. The van der Waals surface area contributed by atoms with E-state index in [4.69, 9.17) is 25.6 Å². The Bertz CT molecular complexity index is 1410. The van der Waals surface area contributed by atoms with Crippen LogP contribution >= 0.6 is 22.9 Å². The minimum absolute atomic E-state index is 0.0928. The van der Waals surface area contributed by atoms with Gasteiger partial charge in [0.15, 0.2) is 6.61 Å². The molecule has 13 heteroatoms. The average molecular weight is 491 g/mol. The first-order valence-corrected chi connectivity index (χ1v) is 10.5. The van der Waals surface area contributed by atoms with E-state index in [2.05, 4.69) is 24.8 Å². The molecular weight excluding hydrogens is 476 g/mol.